The Labute approximate surface area is 186 Å². The van der Waals surface area contributed by atoms with Crippen LogP contribution in [0.1, 0.15) is 27.6 Å². The highest BCUT2D eigenvalue weighted by Crippen LogP contribution is 2.24. The van der Waals surface area contributed by atoms with Crippen LogP contribution >= 0.6 is 22.9 Å². The first-order valence-corrected chi connectivity index (χ1v) is 10.4. The van der Waals surface area contributed by atoms with E-state index in [9.17, 15) is 14.4 Å². The number of ether oxygens (including phenoxy) is 3. The van der Waals surface area contributed by atoms with E-state index >= 15 is 0 Å². The highest BCUT2D eigenvalue weighted by Gasteiger charge is 2.17. The van der Waals surface area contributed by atoms with Crippen LogP contribution < -0.4 is 9.54 Å². The maximum atomic E-state index is 12.9. The number of nitrogens with zero attached hydrogens (tertiary/aromatic N) is 2. The molecule has 0 aliphatic carbocycles. The van der Waals surface area contributed by atoms with Crippen molar-refractivity contribution in [3.63, 3.8) is 0 Å². The Bertz CT molecular complexity index is 1230. The van der Waals surface area contributed by atoms with E-state index in [0.717, 1.165) is 11.3 Å². The van der Waals surface area contributed by atoms with E-state index in [-0.39, 0.29) is 23.5 Å². The molecule has 0 saturated heterocycles. The monoisotopic (exact) mass is 462 g/mol. The fraction of sp³-hybridized carbons (Fsp3) is 0.238. The summed E-state index contributed by atoms with van der Waals surface area (Å²) in [6.45, 7) is 1.81. The van der Waals surface area contributed by atoms with Crippen molar-refractivity contribution < 1.29 is 28.6 Å². The van der Waals surface area contributed by atoms with Gasteiger partial charge in [0.15, 0.2) is 4.80 Å². The van der Waals surface area contributed by atoms with Crippen molar-refractivity contribution in [1.82, 2.24) is 4.57 Å². The number of rotatable bonds is 6. The fourth-order valence-electron chi connectivity index (χ4n) is 2.84. The first-order chi connectivity index (χ1) is 14.9. The number of amides is 1. The minimum Gasteiger partial charge on any atom is -0.496 e. The Morgan fingerprint density at radius 2 is 1.90 bits per heavy atom. The molecule has 0 saturated carbocycles. The van der Waals surface area contributed by atoms with Crippen LogP contribution in [0.25, 0.3) is 10.2 Å². The number of hydrogen-bond acceptors (Lipinski definition) is 7. The van der Waals surface area contributed by atoms with Crippen molar-refractivity contribution in [3.8, 4) is 5.75 Å². The first kappa shape index (κ1) is 22.5. The minimum atomic E-state index is -0.588. The molecule has 0 spiro atoms. The van der Waals surface area contributed by atoms with Gasteiger partial charge in [0.1, 0.15) is 12.3 Å². The Kier molecular flexibility index (Phi) is 7.09. The van der Waals surface area contributed by atoms with Gasteiger partial charge in [-0.3, -0.25) is 9.59 Å². The number of hydrogen-bond donors (Lipinski definition) is 0. The SMILES string of the molecule is CCOC(=O)c1ccc2c(c1)sc(=NC(=O)c1cc(Cl)ccc1OC)n2CC(=O)OC. The maximum absolute atomic E-state index is 12.9. The second kappa shape index (κ2) is 9.76. The highest BCUT2D eigenvalue weighted by atomic mass is 35.5. The van der Waals surface area contributed by atoms with Gasteiger partial charge in [-0.25, -0.2) is 4.79 Å². The van der Waals surface area contributed by atoms with Gasteiger partial charge < -0.3 is 18.8 Å². The summed E-state index contributed by atoms with van der Waals surface area (Å²) in [5.41, 5.74) is 1.16. The van der Waals surface area contributed by atoms with Crippen LogP contribution in [0.5, 0.6) is 5.75 Å². The van der Waals surface area contributed by atoms with Gasteiger partial charge >= 0.3 is 11.9 Å². The number of benzene rings is 2. The predicted molar refractivity (Wildman–Crippen MR) is 116 cm³/mol. The molecule has 2 aromatic carbocycles. The third-order valence-electron chi connectivity index (χ3n) is 4.30. The molecule has 0 atom stereocenters. The zero-order valence-electron chi connectivity index (χ0n) is 17.0. The molecule has 0 aliphatic heterocycles. The van der Waals surface area contributed by atoms with E-state index in [1.807, 2.05) is 0 Å². The third-order valence-corrected chi connectivity index (χ3v) is 5.57. The largest absolute Gasteiger partial charge is 0.496 e. The fourth-order valence-corrected chi connectivity index (χ4v) is 4.08. The van der Waals surface area contributed by atoms with E-state index in [2.05, 4.69) is 4.99 Å². The van der Waals surface area contributed by atoms with E-state index in [1.165, 1.54) is 20.3 Å². The number of carbonyl (C=O) groups is 3. The number of esters is 2. The van der Waals surface area contributed by atoms with E-state index in [0.29, 0.717) is 26.6 Å². The zero-order valence-corrected chi connectivity index (χ0v) is 18.6. The van der Waals surface area contributed by atoms with Crippen LogP contribution in [0.3, 0.4) is 0 Å². The molecular weight excluding hydrogens is 444 g/mol. The molecule has 31 heavy (non-hydrogen) atoms. The molecule has 0 N–H and O–H groups in total. The van der Waals surface area contributed by atoms with Gasteiger partial charge in [-0.1, -0.05) is 22.9 Å². The molecular formula is C21H19ClN2O6S. The van der Waals surface area contributed by atoms with Crippen LogP contribution in [-0.2, 0) is 20.8 Å². The van der Waals surface area contributed by atoms with Crippen LogP contribution in [-0.4, -0.2) is 43.2 Å². The van der Waals surface area contributed by atoms with Crippen molar-refractivity contribution in [2.45, 2.75) is 13.5 Å². The average molecular weight is 463 g/mol. The zero-order chi connectivity index (χ0) is 22.5. The standard InChI is InChI=1S/C21H19ClN2O6S/c1-4-30-20(27)12-5-7-15-17(9-12)31-21(24(15)11-18(25)29-3)23-19(26)14-10-13(22)6-8-16(14)28-2/h5-10H,4,11H2,1-3H3. The summed E-state index contributed by atoms with van der Waals surface area (Å²) in [6.07, 6.45) is 0. The molecule has 1 heterocycles. The van der Waals surface area contributed by atoms with Crippen molar-refractivity contribution in [3.05, 3.63) is 57.3 Å². The maximum Gasteiger partial charge on any atom is 0.338 e. The summed E-state index contributed by atoms with van der Waals surface area (Å²) in [4.78, 5) is 41.4. The average Bonchev–Trinajstić information content (AvgIpc) is 3.09. The number of halogens is 1. The molecule has 0 unspecified atom stereocenters. The number of fused-ring (bicyclic) bond motifs is 1. The van der Waals surface area contributed by atoms with Crippen LogP contribution in [0.4, 0.5) is 0 Å². The van der Waals surface area contributed by atoms with Gasteiger partial charge in [0.25, 0.3) is 5.91 Å². The molecule has 10 heteroatoms. The predicted octanol–water partition coefficient (Wildman–Crippen LogP) is 3.46. The van der Waals surface area contributed by atoms with Gasteiger partial charge in [0.2, 0.25) is 0 Å². The molecule has 0 radical (unpaired) electrons. The van der Waals surface area contributed by atoms with Crippen molar-refractivity contribution in [2.24, 2.45) is 4.99 Å². The lowest BCUT2D eigenvalue weighted by molar-refractivity contribution is -0.141. The Morgan fingerprint density at radius 1 is 1.13 bits per heavy atom. The molecule has 0 aliphatic rings. The number of carbonyl (C=O) groups excluding carboxylic acids is 3. The second-order valence-electron chi connectivity index (χ2n) is 6.21. The van der Waals surface area contributed by atoms with Crippen molar-refractivity contribution >= 4 is 51.0 Å². The number of methoxy groups -OCH3 is 2. The van der Waals surface area contributed by atoms with E-state index in [4.69, 9.17) is 25.8 Å². The van der Waals surface area contributed by atoms with Gasteiger partial charge in [-0.05, 0) is 43.3 Å². The van der Waals surface area contributed by atoms with Gasteiger partial charge in [-0.15, -0.1) is 0 Å². The van der Waals surface area contributed by atoms with Gasteiger partial charge in [-0.2, -0.15) is 4.99 Å². The van der Waals surface area contributed by atoms with Crippen molar-refractivity contribution in [1.29, 1.82) is 0 Å². The summed E-state index contributed by atoms with van der Waals surface area (Å²) in [5.74, 6) is -1.24. The summed E-state index contributed by atoms with van der Waals surface area (Å²) >= 11 is 7.17. The summed E-state index contributed by atoms with van der Waals surface area (Å²) in [6, 6.07) is 9.53. The number of thiazole rings is 1. The van der Waals surface area contributed by atoms with Crippen molar-refractivity contribution in [2.75, 3.05) is 20.8 Å². The molecule has 3 aromatic rings. The van der Waals surface area contributed by atoms with Crippen LogP contribution in [0.15, 0.2) is 41.4 Å². The van der Waals surface area contributed by atoms with Gasteiger partial charge in [0.05, 0.1) is 42.2 Å². The molecule has 3 rings (SSSR count). The first-order valence-electron chi connectivity index (χ1n) is 9.17. The lowest BCUT2D eigenvalue weighted by Crippen LogP contribution is -2.22. The normalized spacial score (nSPS) is 11.4. The van der Waals surface area contributed by atoms with Crippen LogP contribution in [0, 0.1) is 0 Å². The number of aromatic nitrogens is 1. The second-order valence-corrected chi connectivity index (χ2v) is 7.66. The van der Waals surface area contributed by atoms with E-state index in [1.54, 1.807) is 41.8 Å². The Morgan fingerprint density at radius 3 is 2.58 bits per heavy atom. The lowest BCUT2D eigenvalue weighted by atomic mass is 10.2. The molecule has 1 amide bonds. The molecule has 1 aromatic heterocycles. The van der Waals surface area contributed by atoms with Gasteiger partial charge in [0, 0.05) is 5.02 Å². The Balaban J connectivity index is 2.16. The summed E-state index contributed by atoms with van der Waals surface area (Å²) in [5, 5.41) is 0.359. The summed E-state index contributed by atoms with van der Waals surface area (Å²) in [7, 11) is 2.71. The quantitative estimate of drug-likeness (QED) is 0.520. The highest BCUT2D eigenvalue weighted by molar-refractivity contribution is 7.16. The topological polar surface area (TPSA) is 96.2 Å². The van der Waals surface area contributed by atoms with E-state index < -0.39 is 17.8 Å². The van der Waals surface area contributed by atoms with Crippen LogP contribution in [0.2, 0.25) is 5.02 Å². The lowest BCUT2D eigenvalue weighted by Gasteiger charge is -2.06. The molecule has 0 bridgehead atoms. The molecule has 162 valence electrons. The smallest absolute Gasteiger partial charge is 0.338 e. The Hall–Kier alpha value is -3.17. The minimum absolute atomic E-state index is 0.159. The summed E-state index contributed by atoms with van der Waals surface area (Å²) < 4.78 is 17.2. The molecule has 0 fully saturated rings. The third kappa shape index (κ3) is 4.95. The molecule has 8 nitrogen and oxygen atoms in total.